The summed E-state index contributed by atoms with van der Waals surface area (Å²) in [4.78, 5) is 25.7. The molecule has 1 aliphatic heterocycles. The maximum atomic E-state index is 12.2. The van der Waals surface area contributed by atoms with Gasteiger partial charge in [0.1, 0.15) is 0 Å². The third-order valence-electron chi connectivity index (χ3n) is 3.62. The average Bonchev–Trinajstić information content (AvgIpc) is 2.86. The Morgan fingerprint density at radius 3 is 2.85 bits per heavy atom. The second-order valence-electron chi connectivity index (χ2n) is 5.10. The first-order chi connectivity index (χ1) is 9.56. The summed E-state index contributed by atoms with van der Waals surface area (Å²) in [5.74, 6) is -1.21. The lowest BCUT2D eigenvalue weighted by molar-refractivity contribution is -0.138. The van der Waals surface area contributed by atoms with Gasteiger partial charge in [-0.05, 0) is 37.0 Å². The van der Waals surface area contributed by atoms with E-state index in [1.54, 1.807) is 0 Å². The molecule has 108 valence electrons. The van der Waals surface area contributed by atoms with Crippen molar-refractivity contribution < 1.29 is 14.7 Å². The fourth-order valence-electron chi connectivity index (χ4n) is 2.35. The molecule has 5 heteroatoms. The van der Waals surface area contributed by atoms with Crippen LogP contribution in [0.25, 0.3) is 0 Å². The lowest BCUT2D eigenvalue weighted by Gasteiger charge is -2.19. The number of rotatable bonds is 3. The van der Waals surface area contributed by atoms with Crippen LogP contribution in [-0.4, -0.2) is 36.1 Å². The van der Waals surface area contributed by atoms with E-state index in [0.717, 1.165) is 23.2 Å². The van der Waals surface area contributed by atoms with Crippen molar-refractivity contribution in [3.05, 3.63) is 29.3 Å². The maximum Gasteiger partial charge on any atom is 0.316 e. The number of hydrogen-bond donors (Lipinski definition) is 2. The highest BCUT2D eigenvalue weighted by atomic mass is 16.3. The molecule has 1 unspecified atom stereocenters. The van der Waals surface area contributed by atoms with Gasteiger partial charge in [0.2, 0.25) is 0 Å². The van der Waals surface area contributed by atoms with E-state index in [0.29, 0.717) is 13.0 Å². The van der Waals surface area contributed by atoms with Gasteiger partial charge in [0.25, 0.3) is 0 Å². The third-order valence-corrected chi connectivity index (χ3v) is 3.62. The molecular formula is C15H20N2O3. The first-order valence-corrected chi connectivity index (χ1v) is 6.89. The second-order valence-corrected chi connectivity index (χ2v) is 5.10. The first-order valence-electron chi connectivity index (χ1n) is 6.89. The van der Waals surface area contributed by atoms with Gasteiger partial charge in [-0.1, -0.05) is 19.1 Å². The largest absolute Gasteiger partial charge is 0.394 e. The number of nitrogens with one attached hydrogen (secondary N) is 1. The van der Waals surface area contributed by atoms with E-state index in [9.17, 15) is 9.59 Å². The van der Waals surface area contributed by atoms with Gasteiger partial charge < -0.3 is 15.3 Å². The highest BCUT2D eigenvalue weighted by Gasteiger charge is 2.29. The molecule has 1 aliphatic rings. The molecular weight excluding hydrogens is 256 g/mol. The number of benzene rings is 1. The van der Waals surface area contributed by atoms with E-state index in [1.165, 1.54) is 4.90 Å². The van der Waals surface area contributed by atoms with Crippen molar-refractivity contribution in [2.45, 2.75) is 32.7 Å². The maximum absolute atomic E-state index is 12.2. The summed E-state index contributed by atoms with van der Waals surface area (Å²) in [6.45, 7) is 4.17. The molecule has 0 saturated carbocycles. The fourth-order valence-corrected chi connectivity index (χ4v) is 2.35. The van der Waals surface area contributed by atoms with Crippen LogP contribution in [0.3, 0.4) is 0 Å². The molecule has 0 bridgehead atoms. The zero-order valence-electron chi connectivity index (χ0n) is 11.8. The van der Waals surface area contributed by atoms with E-state index in [4.69, 9.17) is 5.11 Å². The molecule has 0 radical (unpaired) electrons. The number of aliphatic hydroxyl groups is 1. The highest BCUT2D eigenvalue weighted by molar-refractivity contribution is 6.40. The molecule has 2 rings (SSSR count). The molecule has 1 aromatic carbocycles. The number of fused-ring (bicyclic) bond motifs is 1. The number of carbonyl (C=O) groups excluding carboxylic acids is 2. The van der Waals surface area contributed by atoms with Gasteiger partial charge in [0, 0.05) is 12.2 Å². The van der Waals surface area contributed by atoms with Crippen molar-refractivity contribution in [2.24, 2.45) is 0 Å². The van der Waals surface area contributed by atoms with Crippen LogP contribution in [-0.2, 0) is 16.0 Å². The van der Waals surface area contributed by atoms with Crippen LogP contribution in [0.2, 0.25) is 0 Å². The molecule has 0 spiro atoms. The summed E-state index contributed by atoms with van der Waals surface area (Å²) in [6, 6.07) is 5.56. The number of nitrogens with zero attached hydrogens (tertiary/aromatic N) is 1. The molecule has 5 nitrogen and oxygen atoms in total. The molecule has 20 heavy (non-hydrogen) atoms. The first kappa shape index (κ1) is 14.5. The molecule has 1 heterocycles. The normalized spacial score (nSPS) is 14.8. The van der Waals surface area contributed by atoms with Gasteiger partial charge in [-0.3, -0.25) is 9.59 Å². The number of aryl methyl sites for hydroxylation is 1. The number of aliphatic hydroxyl groups excluding tert-OH is 1. The van der Waals surface area contributed by atoms with Crippen molar-refractivity contribution in [1.82, 2.24) is 5.32 Å². The molecule has 0 fully saturated rings. The van der Waals surface area contributed by atoms with Crippen molar-refractivity contribution in [3.63, 3.8) is 0 Å². The number of hydrogen-bond acceptors (Lipinski definition) is 3. The molecule has 0 saturated heterocycles. The number of anilines is 1. The lowest BCUT2D eigenvalue weighted by Crippen LogP contribution is -2.47. The van der Waals surface area contributed by atoms with E-state index in [1.807, 2.05) is 32.0 Å². The zero-order chi connectivity index (χ0) is 14.7. The standard InChI is InChI=1S/C15H20N2O3/c1-3-12(9-18)16-14(19)15(20)17-7-6-11-5-4-10(2)8-13(11)17/h4-5,8,12,18H,3,6-7,9H2,1-2H3,(H,16,19). The lowest BCUT2D eigenvalue weighted by atomic mass is 10.1. The fraction of sp³-hybridized carbons (Fsp3) is 0.467. The van der Waals surface area contributed by atoms with Gasteiger partial charge in [-0.2, -0.15) is 0 Å². The van der Waals surface area contributed by atoms with Gasteiger partial charge in [-0.15, -0.1) is 0 Å². The zero-order valence-corrected chi connectivity index (χ0v) is 11.8. The van der Waals surface area contributed by atoms with E-state index < -0.39 is 11.8 Å². The van der Waals surface area contributed by atoms with Gasteiger partial charge in [-0.25, -0.2) is 0 Å². The quantitative estimate of drug-likeness (QED) is 0.801. The Morgan fingerprint density at radius 2 is 2.20 bits per heavy atom. The summed E-state index contributed by atoms with van der Waals surface area (Å²) in [6.07, 6.45) is 1.36. The Morgan fingerprint density at radius 1 is 1.45 bits per heavy atom. The monoisotopic (exact) mass is 276 g/mol. The van der Waals surface area contributed by atoms with Crippen LogP contribution in [0.15, 0.2) is 18.2 Å². The topological polar surface area (TPSA) is 69.6 Å². The van der Waals surface area contributed by atoms with Crippen LogP contribution >= 0.6 is 0 Å². The van der Waals surface area contributed by atoms with Crippen molar-refractivity contribution in [1.29, 1.82) is 0 Å². The SMILES string of the molecule is CCC(CO)NC(=O)C(=O)N1CCc2ccc(C)cc21. The summed E-state index contributed by atoms with van der Waals surface area (Å²) in [5, 5.41) is 11.6. The van der Waals surface area contributed by atoms with Crippen molar-refractivity contribution >= 4 is 17.5 Å². The minimum absolute atomic E-state index is 0.161. The summed E-state index contributed by atoms with van der Waals surface area (Å²) < 4.78 is 0. The van der Waals surface area contributed by atoms with Crippen LogP contribution in [0.1, 0.15) is 24.5 Å². The Kier molecular flexibility index (Phi) is 4.39. The summed E-state index contributed by atoms with van der Waals surface area (Å²) in [5.41, 5.74) is 2.97. The predicted octanol–water partition coefficient (Wildman–Crippen LogP) is 0.771. The van der Waals surface area contributed by atoms with E-state index in [-0.39, 0.29) is 12.6 Å². The van der Waals surface area contributed by atoms with Crippen LogP contribution in [0.4, 0.5) is 5.69 Å². The van der Waals surface area contributed by atoms with E-state index >= 15 is 0 Å². The van der Waals surface area contributed by atoms with Gasteiger partial charge >= 0.3 is 11.8 Å². The van der Waals surface area contributed by atoms with Crippen LogP contribution in [0, 0.1) is 6.92 Å². The highest BCUT2D eigenvalue weighted by Crippen LogP contribution is 2.28. The van der Waals surface area contributed by atoms with Gasteiger partial charge in [0.15, 0.2) is 0 Å². The minimum Gasteiger partial charge on any atom is -0.394 e. The number of amides is 2. The van der Waals surface area contributed by atoms with Crippen LogP contribution < -0.4 is 10.2 Å². The van der Waals surface area contributed by atoms with Crippen molar-refractivity contribution in [2.75, 3.05) is 18.1 Å². The Labute approximate surface area is 118 Å². The number of carbonyl (C=O) groups is 2. The molecule has 1 atom stereocenters. The summed E-state index contributed by atoms with van der Waals surface area (Å²) >= 11 is 0. The Balaban J connectivity index is 2.12. The van der Waals surface area contributed by atoms with Crippen LogP contribution in [0.5, 0.6) is 0 Å². The third kappa shape index (κ3) is 2.82. The average molecular weight is 276 g/mol. The summed E-state index contributed by atoms with van der Waals surface area (Å²) in [7, 11) is 0. The molecule has 1 aromatic rings. The second kappa shape index (κ2) is 6.05. The smallest absolute Gasteiger partial charge is 0.316 e. The molecule has 2 N–H and O–H groups in total. The Hall–Kier alpha value is -1.88. The molecule has 0 aromatic heterocycles. The van der Waals surface area contributed by atoms with Gasteiger partial charge in [0.05, 0.1) is 12.6 Å². The minimum atomic E-state index is -0.653. The molecule has 0 aliphatic carbocycles. The molecule has 2 amide bonds. The van der Waals surface area contributed by atoms with E-state index in [2.05, 4.69) is 5.32 Å². The predicted molar refractivity (Wildman–Crippen MR) is 76.5 cm³/mol. The Bertz CT molecular complexity index is 524. The van der Waals surface area contributed by atoms with Crippen molar-refractivity contribution in [3.8, 4) is 0 Å².